The Morgan fingerprint density at radius 2 is 2.27 bits per heavy atom. The molecule has 1 aromatic heterocycles. The topological polar surface area (TPSA) is 58.0 Å². The third-order valence-electron chi connectivity index (χ3n) is 2.49. The van der Waals surface area contributed by atoms with Crippen LogP contribution in [0.15, 0.2) is 6.20 Å². The first-order chi connectivity index (χ1) is 7.20. The second-order valence-electron chi connectivity index (χ2n) is 4.32. The number of anilines is 1. The third kappa shape index (κ3) is 2.45. The van der Waals surface area contributed by atoms with Crippen molar-refractivity contribution in [1.82, 2.24) is 9.97 Å². The lowest BCUT2D eigenvalue weighted by molar-refractivity contribution is 0.276. The first-order valence-corrected chi connectivity index (χ1v) is 5.44. The minimum atomic E-state index is -0.0305. The highest BCUT2D eigenvalue weighted by Gasteiger charge is 2.22. The predicted molar refractivity (Wildman–Crippen MR) is 58.7 cm³/mol. The van der Waals surface area contributed by atoms with Crippen molar-refractivity contribution in [2.45, 2.75) is 45.3 Å². The summed E-state index contributed by atoms with van der Waals surface area (Å²) < 4.78 is 0. The van der Waals surface area contributed by atoms with E-state index in [4.69, 9.17) is 0 Å². The maximum absolute atomic E-state index is 9.23. The second-order valence-corrected chi connectivity index (χ2v) is 4.32. The fourth-order valence-electron chi connectivity index (χ4n) is 1.40. The highest BCUT2D eigenvalue weighted by molar-refractivity contribution is 5.47. The van der Waals surface area contributed by atoms with Crippen molar-refractivity contribution in [1.29, 1.82) is 0 Å². The van der Waals surface area contributed by atoms with Gasteiger partial charge in [-0.3, -0.25) is 0 Å². The number of hydrogen-bond acceptors (Lipinski definition) is 4. The second kappa shape index (κ2) is 4.14. The van der Waals surface area contributed by atoms with Crippen LogP contribution in [-0.2, 0) is 6.61 Å². The molecular weight excluding hydrogens is 190 g/mol. The van der Waals surface area contributed by atoms with E-state index >= 15 is 0 Å². The fourth-order valence-corrected chi connectivity index (χ4v) is 1.40. The van der Waals surface area contributed by atoms with Gasteiger partial charge in [0.1, 0.15) is 5.82 Å². The highest BCUT2D eigenvalue weighted by atomic mass is 16.3. The molecule has 0 aliphatic heterocycles. The molecule has 0 spiro atoms. The minimum absolute atomic E-state index is 0.0305. The van der Waals surface area contributed by atoms with Gasteiger partial charge in [-0.25, -0.2) is 9.97 Å². The average molecular weight is 207 g/mol. The predicted octanol–water partition coefficient (Wildman–Crippen LogP) is 1.67. The number of hydrogen-bond donors (Lipinski definition) is 2. The summed E-state index contributed by atoms with van der Waals surface area (Å²) in [5.41, 5.74) is 1.59. The van der Waals surface area contributed by atoms with Gasteiger partial charge in [-0.15, -0.1) is 0 Å². The Labute approximate surface area is 89.8 Å². The molecule has 1 saturated carbocycles. The Morgan fingerprint density at radius 1 is 1.53 bits per heavy atom. The number of nitrogens with one attached hydrogen (secondary N) is 1. The van der Waals surface area contributed by atoms with Gasteiger partial charge in [-0.05, 0) is 12.8 Å². The summed E-state index contributed by atoms with van der Waals surface area (Å²) in [6.07, 6.45) is 4.19. The number of aliphatic hydroxyl groups excluding tert-OH is 1. The van der Waals surface area contributed by atoms with Gasteiger partial charge < -0.3 is 10.4 Å². The van der Waals surface area contributed by atoms with Crippen LogP contribution < -0.4 is 5.32 Å². The number of rotatable bonds is 4. The van der Waals surface area contributed by atoms with Gasteiger partial charge in [0.2, 0.25) is 0 Å². The van der Waals surface area contributed by atoms with Crippen LogP contribution >= 0.6 is 0 Å². The van der Waals surface area contributed by atoms with E-state index in [0.717, 1.165) is 11.5 Å². The molecule has 4 nitrogen and oxygen atoms in total. The van der Waals surface area contributed by atoms with Crippen LogP contribution in [0.2, 0.25) is 0 Å². The van der Waals surface area contributed by atoms with E-state index in [1.165, 1.54) is 12.8 Å². The van der Waals surface area contributed by atoms with Crippen LogP contribution in [0.5, 0.6) is 0 Å². The normalized spacial score (nSPS) is 15.7. The molecule has 82 valence electrons. The molecule has 15 heavy (non-hydrogen) atoms. The number of aliphatic hydroxyl groups is 1. The van der Waals surface area contributed by atoms with Crippen LogP contribution in [-0.4, -0.2) is 21.1 Å². The third-order valence-corrected chi connectivity index (χ3v) is 2.49. The summed E-state index contributed by atoms with van der Waals surface area (Å²) in [7, 11) is 0. The zero-order valence-corrected chi connectivity index (χ0v) is 9.20. The first kappa shape index (κ1) is 10.4. The Kier molecular flexibility index (Phi) is 2.86. The van der Waals surface area contributed by atoms with Gasteiger partial charge in [-0.1, -0.05) is 13.8 Å². The molecular formula is C11H17N3O. The zero-order chi connectivity index (χ0) is 10.8. The molecule has 1 aliphatic carbocycles. The van der Waals surface area contributed by atoms with E-state index < -0.39 is 0 Å². The molecule has 0 atom stereocenters. The summed E-state index contributed by atoms with van der Waals surface area (Å²) in [5.74, 6) is 1.09. The summed E-state index contributed by atoms with van der Waals surface area (Å²) in [4.78, 5) is 8.63. The molecule has 2 N–H and O–H groups in total. The Morgan fingerprint density at radius 3 is 2.80 bits per heavy atom. The van der Waals surface area contributed by atoms with E-state index in [2.05, 4.69) is 15.3 Å². The van der Waals surface area contributed by atoms with Crippen LogP contribution in [0.1, 0.15) is 44.1 Å². The highest BCUT2D eigenvalue weighted by Crippen LogP contribution is 2.26. The summed E-state index contributed by atoms with van der Waals surface area (Å²) in [6.45, 7) is 4.06. The van der Waals surface area contributed by atoms with Gasteiger partial charge in [0.05, 0.1) is 24.2 Å². The number of nitrogens with zero attached hydrogens (tertiary/aromatic N) is 2. The Balaban J connectivity index is 2.21. The maximum atomic E-state index is 9.23. The van der Waals surface area contributed by atoms with Crippen molar-refractivity contribution in [3.05, 3.63) is 17.7 Å². The van der Waals surface area contributed by atoms with Gasteiger partial charge in [-0.2, -0.15) is 0 Å². The van der Waals surface area contributed by atoms with Crippen molar-refractivity contribution in [3.63, 3.8) is 0 Å². The molecule has 1 aromatic rings. The van der Waals surface area contributed by atoms with Crippen LogP contribution in [0, 0.1) is 0 Å². The van der Waals surface area contributed by atoms with Crippen molar-refractivity contribution >= 4 is 5.69 Å². The molecule has 4 heteroatoms. The molecule has 0 amide bonds. The van der Waals surface area contributed by atoms with Crippen LogP contribution in [0.3, 0.4) is 0 Å². The van der Waals surface area contributed by atoms with E-state index in [0.29, 0.717) is 17.7 Å². The van der Waals surface area contributed by atoms with Crippen molar-refractivity contribution in [2.24, 2.45) is 0 Å². The molecule has 1 aliphatic rings. The largest absolute Gasteiger partial charge is 0.390 e. The van der Waals surface area contributed by atoms with E-state index in [1.54, 1.807) is 6.20 Å². The maximum Gasteiger partial charge on any atom is 0.131 e. The van der Waals surface area contributed by atoms with Crippen LogP contribution in [0.25, 0.3) is 0 Å². The molecule has 0 radical (unpaired) electrons. The van der Waals surface area contributed by atoms with Gasteiger partial charge in [0.15, 0.2) is 0 Å². The van der Waals surface area contributed by atoms with Crippen molar-refractivity contribution in [2.75, 3.05) is 5.32 Å². The fraction of sp³-hybridized carbons (Fsp3) is 0.636. The van der Waals surface area contributed by atoms with E-state index in [1.807, 2.05) is 13.8 Å². The van der Waals surface area contributed by atoms with Gasteiger partial charge in [0, 0.05) is 12.0 Å². The quantitative estimate of drug-likeness (QED) is 0.788. The molecule has 2 rings (SSSR count). The van der Waals surface area contributed by atoms with Crippen molar-refractivity contribution < 1.29 is 5.11 Å². The number of aromatic nitrogens is 2. The first-order valence-electron chi connectivity index (χ1n) is 5.44. The van der Waals surface area contributed by atoms with E-state index in [9.17, 15) is 5.11 Å². The standard InChI is InChI=1S/C11H17N3O/c1-7(2)11-12-5-9(10(6-15)14-11)13-8-3-4-8/h5,7-8,13,15H,3-4,6H2,1-2H3. The average Bonchev–Trinajstić information content (AvgIpc) is 3.02. The monoisotopic (exact) mass is 207 g/mol. The van der Waals surface area contributed by atoms with Crippen LogP contribution in [0.4, 0.5) is 5.69 Å². The Hall–Kier alpha value is -1.16. The minimum Gasteiger partial charge on any atom is -0.390 e. The smallest absolute Gasteiger partial charge is 0.131 e. The lowest BCUT2D eigenvalue weighted by Gasteiger charge is -2.11. The SMILES string of the molecule is CC(C)c1ncc(NC2CC2)c(CO)n1. The molecule has 0 bridgehead atoms. The molecule has 1 fully saturated rings. The molecule has 0 aromatic carbocycles. The molecule has 0 saturated heterocycles. The lowest BCUT2D eigenvalue weighted by atomic mass is 10.2. The van der Waals surface area contributed by atoms with E-state index in [-0.39, 0.29) is 6.61 Å². The summed E-state index contributed by atoms with van der Waals surface area (Å²) >= 11 is 0. The summed E-state index contributed by atoms with van der Waals surface area (Å²) in [5, 5.41) is 12.5. The van der Waals surface area contributed by atoms with Gasteiger partial charge in [0.25, 0.3) is 0 Å². The molecule has 0 unspecified atom stereocenters. The zero-order valence-electron chi connectivity index (χ0n) is 9.20. The van der Waals surface area contributed by atoms with Crippen molar-refractivity contribution in [3.8, 4) is 0 Å². The van der Waals surface area contributed by atoms with Gasteiger partial charge >= 0.3 is 0 Å². The Bertz CT molecular complexity index is 348. The summed E-state index contributed by atoms with van der Waals surface area (Å²) in [6, 6.07) is 0.559. The molecule has 1 heterocycles. The lowest BCUT2D eigenvalue weighted by Crippen LogP contribution is -2.09.